The molecular formula is C51H32N2O. The fourth-order valence-corrected chi connectivity index (χ4v) is 8.42. The van der Waals surface area contributed by atoms with Gasteiger partial charge in [-0.2, -0.15) is 0 Å². The number of furan rings is 1. The van der Waals surface area contributed by atoms with Crippen molar-refractivity contribution in [3.8, 4) is 50.5 Å². The fourth-order valence-electron chi connectivity index (χ4n) is 8.42. The van der Waals surface area contributed by atoms with Crippen molar-refractivity contribution in [2.24, 2.45) is 0 Å². The van der Waals surface area contributed by atoms with Crippen molar-refractivity contribution in [1.82, 2.24) is 9.55 Å². The smallest absolute Gasteiger partial charge is 0.145 e. The van der Waals surface area contributed by atoms with E-state index in [-0.39, 0.29) is 0 Å². The number of hydrogen-bond acceptors (Lipinski definition) is 2. The second-order valence-electron chi connectivity index (χ2n) is 13.9. The maximum atomic E-state index is 6.42. The van der Waals surface area contributed by atoms with E-state index in [0.717, 1.165) is 55.6 Å². The Morgan fingerprint density at radius 2 is 1.00 bits per heavy atom. The summed E-state index contributed by atoms with van der Waals surface area (Å²) in [5.41, 5.74) is 13.2. The summed E-state index contributed by atoms with van der Waals surface area (Å²) >= 11 is 0. The summed E-state index contributed by atoms with van der Waals surface area (Å²) in [5.74, 6) is 0.923. The Morgan fingerprint density at radius 1 is 0.389 bits per heavy atom. The molecule has 11 rings (SSSR count). The van der Waals surface area contributed by atoms with E-state index in [1.165, 1.54) is 49.4 Å². The van der Waals surface area contributed by atoms with Crippen LogP contribution in [-0.4, -0.2) is 9.55 Å². The van der Waals surface area contributed by atoms with Crippen LogP contribution in [0.3, 0.4) is 0 Å². The van der Waals surface area contributed by atoms with Gasteiger partial charge in [0.05, 0.1) is 11.0 Å². The first-order valence-corrected chi connectivity index (χ1v) is 18.4. The molecule has 2 aromatic heterocycles. The number of para-hydroxylation sites is 4. The summed E-state index contributed by atoms with van der Waals surface area (Å²) in [6, 6.07) is 69.2. The van der Waals surface area contributed by atoms with Gasteiger partial charge in [0.2, 0.25) is 0 Å². The molecule has 0 radical (unpaired) electrons. The zero-order chi connectivity index (χ0) is 35.6. The summed E-state index contributed by atoms with van der Waals surface area (Å²) in [5, 5.41) is 7.10. The van der Waals surface area contributed by atoms with E-state index >= 15 is 0 Å². The minimum absolute atomic E-state index is 0.895. The van der Waals surface area contributed by atoms with Crippen molar-refractivity contribution in [1.29, 1.82) is 0 Å². The van der Waals surface area contributed by atoms with E-state index in [2.05, 4.69) is 193 Å². The lowest BCUT2D eigenvalue weighted by molar-refractivity contribution is 0.669. The van der Waals surface area contributed by atoms with Crippen molar-refractivity contribution in [3.63, 3.8) is 0 Å². The fraction of sp³-hybridized carbons (Fsp3) is 0. The molecule has 0 spiro atoms. The Morgan fingerprint density at radius 3 is 1.81 bits per heavy atom. The van der Waals surface area contributed by atoms with E-state index in [1.807, 2.05) is 6.07 Å². The minimum atomic E-state index is 0.895. The third-order valence-electron chi connectivity index (χ3n) is 10.8. The zero-order valence-electron chi connectivity index (χ0n) is 29.3. The lowest BCUT2D eigenvalue weighted by atomic mass is 9.84. The molecule has 252 valence electrons. The van der Waals surface area contributed by atoms with Crippen LogP contribution in [0.25, 0.3) is 105 Å². The topological polar surface area (TPSA) is 31.0 Å². The summed E-state index contributed by atoms with van der Waals surface area (Å²) in [4.78, 5) is 5.14. The number of imidazole rings is 1. The van der Waals surface area contributed by atoms with E-state index in [4.69, 9.17) is 9.40 Å². The Balaban J connectivity index is 1.18. The van der Waals surface area contributed by atoms with Crippen LogP contribution in [0.15, 0.2) is 199 Å². The molecule has 0 fully saturated rings. The van der Waals surface area contributed by atoms with E-state index in [1.54, 1.807) is 0 Å². The average Bonchev–Trinajstić information content (AvgIpc) is 3.83. The first-order valence-electron chi connectivity index (χ1n) is 18.4. The van der Waals surface area contributed by atoms with Crippen molar-refractivity contribution in [2.75, 3.05) is 0 Å². The Labute approximate surface area is 312 Å². The van der Waals surface area contributed by atoms with Crippen LogP contribution in [0.2, 0.25) is 0 Å². The van der Waals surface area contributed by atoms with E-state index < -0.39 is 0 Å². The second kappa shape index (κ2) is 12.2. The van der Waals surface area contributed by atoms with E-state index in [0.29, 0.717) is 0 Å². The highest BCUT2D eigenvalue weighted by molar-refractivity contribution is 6.26. The van der Waals surface area contributed by atoms with Gasteiger partial charge >= 0.3 is 0 Å². The molecular weight excluding hydrogens is 657 g/mol. The molecule has 0 saturated heterocycles. The van der Waals surface area contributed by atoms with Gasteiger partial charge in [-0.25, -0.2) is 4.98 Å². The number of aromatic nitrogens is 2. The molecule has 0 aliphatic rings. The summed E-state index contributed by atoms with van der Waals surface area (Å²) in [7, 11) is 0. The molecule has 11 aromatic rings. The lowest BCUT2D eigenvalue weighted by Gasteiger charge is -2.19. The van der Waals surface area contributed by atoms with Crippen molar-refractivity contribution in [2.45, 2.75) is 0 Å². The van der Waals surface area contributed by atoms with Crippen molar-refractivity contribution >= 4 is 54.5 Å². The van der Waals surface area contributed by atoms with E-state index in [9.17, 15) is 0 Å². The molecule has 0 aliphatic carbocycles. The zero-order valence-corrected chi connectivity index (χ0v) is 29.3. The van der Waals surface area contributed by atoms with Gasteiger partial charge in [-0.3, -0.25) is 4.57 Å². The van der Waals surface area contributed by atoms with Crippen LogP contribution in [0.4, 0.5) is 0 Å². The molecule has 0 bridgehead atoms. The number of fused-ring (bicyclic) bond motifs is 6. The normalized spacial score (nSPS) is 11.7. The third kappa shape index (κ3) is 4.72. The molecule has 0 aliphatic heterocycles. The predicted octanol–water partition coefficient (Wildman–Crippen LogP) is 13.9. The van der Waals surface area contributed by atoms with Crippen LogP contribution in [-0.2, 0) is 0 Å². The van der Waals surface area contributed by atoms with Crippen LogP contribution in [0.5, 0.6) is 0 Å². The maximum absolute atomic E-state index is 6.42. The molecule has 9 aromatic carbocycles. The van der Waals surface area contributed by atoms with Crippen molar-refractivity contribution in [3.05, 3.63) is 194 Å². The number of hydrogen-bond donors (Lipinski definition) is 0. The van der Waals surface area contributed by atoms with Gasteiger partial charge in [0.15, 0.2) is 0 Å². The third-order valence-corrected chi connectivity index (χ3v) is 10.8. The molecule has 0 atom stereocenters. The van der Waals surface area contributed by atoms with Gasteiger partial charge in [0.25, 0.3) is 0 Å². The Kier molecular flexibility index (Phi) is 6.86. The molecule has 0 amide bonds. The largest absolute Gasteiger partial charge is 0.456 e. The first kappa shape index (κ1) is 30.4. The quantitative estimate of drug-likeness (QED) is 0.169. The summed E-state index contributed by atoms with van der Waals surface area (Å²) in [6.45, 7) is 0. The van der Waals surface area contributed by atoms with Gasteiger partial charge in [0.1, 0.15) is 17.0 Å². The van der Waals surface area contributed by atoms with Gasteiger partial charge in [0, 0.05) is 22.0 Å². The SMILES string of the molecule is c1ccc(-c2ccc3c(-c4ccc(-c5nc6ccccc6n5-c5ccccc5)cc4)c4ccccc4c(-c4cccc5oc6ccccc6c45)c3c2)cc1. The Hall–Kier alpha value is -7.23. The number of rotatable bonds is 5. The predicted molar refractivity (Wildman–Crippen MR) is 225 cm³/mol. The van der Waals surface area contributed by atoms with Gasteiger partial charge in [-0.15, -0.1) is 0 Å². The lowest BCUT2D eigenvalue weighted by Crippen LogP contribution is -1.97. The molecule has 54 heavy (non-hydrogen) atoms. The molecule has 3 nitrogen and oxygen atoms in total. The highest BCUT2D eigenvalue weighted by Gasteiger charge is 2.21. The standard InChI is InChI=1S/C51H32N2O/c1-3-14-33(15-4-1)36-30-31-40-43(32-36)49(42-21-13-25-47-50(42)41-20-9-12-24-46(41)54-47)39-19-8-7-18-38(39)48(40)34-26-28-35(29-27-34)51-52-44-22-10-11-23-45(44)53(51)37-16-5-2-6-17-37/h1-32H. The van der Waals surface area contributed by atoms with Crippen LogP contribution < -0.4 is 0 Å². The summed E-state index contributed by atoms with van der Waals surface area (Å²) < 4.78 is 8.68. The van der Waals surface area contributed by atoms with Crippen molar-refractivity contribution < 1.29 is 4.42 Å². The number of nitrogens with zero attached hydrogens (tertiary/aromatic N) is 2. The van der Waals surface area contributed by atoms with Gasteiger partial charge in [-0.05, 0) is 97.4 Å². The van der Waals surface area contributed by atoms with Crippen LogP contribution in [0, 0.1) is 0 Å². The first-order chi connectivity index (χ1) is 26.8. The van der Waals surface area contributed by atoms with Crippen LogP contribution >= 0.6 is 0 Å². The minimum Gasteiger partial charge on any atom is -0.456 e. The molecule has 0 N–H and O–H groups in total. The monoisotopic (exact) mass is 688 g/mol. The molecule has 3 heteroatoms. The average molecular weight is 689 g/mol. The van der Waals surface area contributed by atoms with Gasteiger partial charge < -0.3 is 4.42 Å². The highest BCUT2D eigenvalue weighted by Crippen LogP contribution is 2.48. The second-order valence-corrected chi connectivity index (χ2v) is 13.9. The maximum Gasteiger partial charge on any atom is 0.145 e. The molecule has 0 unspecified atom stereocenters. The van der Waals surface area contributed by atoms with Crippen LogP contribution in [0.1, 0.15) is 0 Å². The highest BCUT2D eigenvalue weighted by atomic mass is 16.3. The number of benzene rings is 9. The molecule has 2 heterocycles. The summed E-state index contributed by atoms with van der Waals surface area (Å²) in [6.07, 6.45) is 0. The molecule has 0 saturated carbocycles. The Bertz CT molecular complexity index is 3190. The van der Waals surface area contributed by atoms with Gasteiger partial charge in [-0.1, -0.05) is 152 Å².